The topological polar surface area (TPSA) is 87.5 Å². The van der Waals surface area contributed by atoms with Crippen LogP contribution >= 0.6 is 0 Å². The Morgan fingerprint density at radius 3 is 2.62 bits per heavy atom. The summed E-state index contributed by atoms with van der Waals surface area (Å²) >= 11 is 0. The monoisotopic (exact) mass is 292 g/mol. The molecule has 0 unspecified atom stereocenters. The number of nitrogen functional groups attached to an aromatic ring is 1. The van der Waals surface area contributed by atoms with E-state index < -0.39 is 0 Å². The molecule has 6 heteroatoms. The van der Waals surface area contributed by atoms with Crippen LogP contribution in [0.1, 0.15) is 18.4 Å². The Kier molecular flexibility index (Phi) is 6.68. The minimum atomic E-state index is -0.0313. The van der Waals surface area contributed by atoms with Crippen molar-refractivity contribution < 1.29 is 9.59 Å². The van der Waals surface area contributed by atoms with Crippen molar-refractivity contribution in [1.82, 2.24) is 10.2 Å². The predicted octanol–water partition coefficient (Wildman–Crippen LogP) is 0.974. The van der Waals surface area contributed by atoms with Crippen LogP contribution < -0.4 is 16.4 Å². The summed E-state index contributed by atoms with van der Waals surface area (Å²) in [5, 5.41) is 5.44. The van der Waals surface area contributed by atoms with Gasteiger partial charge in [0.15, 0.2) is 0 Å². The molecule has 0 atom stereocenters. The number of hydrogen-bond acceptors (Lipinski definition) is 4. The van der Waals surface area contributed by atoms with Crippen LogP contribution in [-0.2, 0) is 9.59 Å². The summed E-state index contributed by atoms with van der Waals surface area (Å²) in [5.41, 5.74) is 8.08. The molecule has 21 heavy (non-hydrogen) atoms. The summed E-state index contributed by atoms with van der Waals surface area (Å²) in [5.74, 6) is -0.0596. The molecule has 1 rings (SSSR count). The number of carbonyl (C=O) groups excluding carboxylic acids is 2. The van der Waals surface area contributed by atoms with Gasteiger partial charge in [0.05, 0.1) is 6.54 Å². The van der Waals surface area contributed by atoms with Crippen molar-refractivity contribution in [2.75, 3.05) is 38.2 Å². The predicted molar refractivity (Wildman–Crippen MR) is 85.0 cm³/mol. The molecule has 0 fully saturated rings. The molecule has 0 saturated heterocycles. The zero-order chi connectivity index (χ0) is 15.8. The molecule has 0 aliphatic rings. The highest BCUT2D eigenvalue weighted by atomic mass is 16.2. The summed E-state index contributed by atoms with van der Waals surface area (Å²) in [7, 11) is 3.47. The fourth-order valence-corrected chi connectivity index (χ4v) is 1.95. The number of hydrogen-bond donors (Lipinski definition) is 3. The molecule has 2 amide bonds. The third-order valence-electron chi connectivity index (χ3n) is 3.16. The molecule has 0 spiro atoms. The van der Waals surface area contributed by atoms with Crippen LogP contribution in [0.5, 0.6) is 0 Å². The molecule has 4 N–H and O–H groups in total. The van der Waals surface area contributed by atoms with E-state index in [0.717, 1.165) is 11.3 Å². The van der Waals surface area contributed by atoms with E-state index in [2.05, 4.69) is 10.6 Å². The molecule has 1 aromatic rings. The van der Waals surface area contributed by atoms with Gasteiger partial charge in [-0.25, -0.2) is 0 Å². The average Bonchev–Trinajstić information content (AvgIpc) is 2.41. The van der Waals surface area contributed by atoms with E-state index in [1.807, 2.05) is 24.9 Å². The quantitative estimate of drug-likeness (QED) is 0.654. The molecule has 0 bridgehead atoms. The second-order valence-corrected chi connectivity index (χ2v) is 5.14. The average molecular weight is 292 g/mol. The van der Waals surface area contributed by atoms with Crippen molar-refractivity contribution in [3.63, 3.8) is 0 Å². The van der Waals surface area contributed by atoms with Crippen molar-refractivity contribution in [3.8, 4) is 0 Å². The number of nitrogens with two attached hydrogens (primary N) is 1. The molecular weight excluding hydrogens is 268 g/mol. The molecule has 1 aromatic carbocycles. The van der Waals surface area contributed by atoms with Crippen LogP contribution in [0.25, 0.3) is 0 Å². The number of likely N-dealkylation sites (N-methyl/N-ethyl adjacent to an activating group) is 2. The Morgan fingerprint density at radius 2 is 2.00 bits per heavy atom. The van der Waals surface area contributed by atoms with Gasteiger partial charge in [0.1, 0.15) is 0 Å². The number of benzene rings is 1. The standard InChI is InChI=1S/C15H24N4O2/c1-11-9-12(16)6-7-13(11)18-14(20)5-4-8-19(3)10-15(21)17-2/h6-7,9H,4-5,8,10,16H2,1-3H3,(H,17,21)(H,18,20). The third kappa shape index (κ3) is 6.27. The highest BCUT2D eigenvalue weighted by molar-refractivity contribution is 5.91. The van der Waals surface area contributed by atoms with Gasteiger partial charge in [0.25, 0.3) is 0 Å². The lowest BCUT2D eigenvalue weighted by atomic mass is 10.1. The summed E-state index contributed by atoms with van der Waals surface area (Å²) in [6.07, 6.45) is 1.12. The Hall–Kier alpha value is -2.08. The third-order valence-corrected chi connectivity index (χ3v) is 3.16. The van der Waals surface area contributed by atoms with Crippen LogP contribution in [0.2, 0.25) is 0 Å². The maximum Gasteiger partial charge on any atom is 0.233 e. The van der Waals surface area contributed by atoms with Gasteiger partial charge in [-0.3, -0.25) is 14.5 Å². The van der Waals surface area contributed by atoms with Gasteiger partial charge in [-0.05, 0) is 50.7 Å². The van der Waals surface area contributed by atoms with Crippen molar-refractivity contribution in [1.29, 1.82) is 0 Å². The van der Waals surface area contributed by atoms with E-state index in [0.29, 0.717) is 31.6 Å². The lowest BCUT2D eigenvalue weighted by molar-refractivity contribution is -0.121. The van der Waals surface area contributed by atoms with Gasteiger partial charge in [-0.1, -0.05) is 0 Å². The first-order valence-electron chi connectivity index (χ1n) is 6.97. The van der Waals surface area contributed by atoms with Crippen LogP contribution in [0.4, 0.5) is 11.4 Å². The number of rotatable bonds is 7. The van der Waals surface area contributed by atoms with Gasteiger partial charge in [0.2, 0.25) is 11.8 Å². The molecular formula is C15H24N4O2. The zero-order valence-electron chi connectivity index (χ0n) is 12.9. The molecule has 0 aliphatic heterocycles. The Morgan fingerprint density at radius 1 is 1.29 bits per heavy atom. The SMILES string of the molecule is CNC(=O)CN(C)CCCC(=O)Nc1ccc(N)cc1C. The smallest absolute Gasteiger partial charge is 0.233 e. The fourth-order valence-electron chi connectivity index (χ4n) is 1.95. The summed E-state index contributed by atoms with van der Waals surface area (Å²) in [4.78, 5) is 24.9. The second kappa shape index (κ2) is 8.26. The van der Waals surface area contributed by atoms with Gasteiger partial charge in [-0.2, -0.15) is 0 Å². The molecule has 0 saturated carbocycles. The summed E-state index contributed by atoms with van der Waals surface area (Å²) < 4.78 is 0. The first-order valence-corrected chi connectivity index (χ1v) is 6.97. The number of carbonyl (C=O) groups is 2. The van der Waals surface area contributed by atoms with Crippen LogP contribution in [0, 0.1) is 6.92 Å². The van der Waals surface area contributed by atoms with E-state index in [9.17, 15) is 9.59 Å². The Bertz CT molecular complexity index is 502. The van der Waals surface area contributed by atoms with Crippen LogP contribution in [0.15, 0.2) is 18.2 Å². The number of anilines is 2. The summed E-state index contributed by atoms with van der Waals surface area (Å²) in [6.45, 7) is 2.94. The van der Waals surface area contributed by atoms with E-state index in [-0.39, 0.29) is 11.8 Å². The molecule has 0 radical (unpaired) electrons. The van der Waals surface area contributed by atoms with Gasteiger partial charge >= 0.3 is 0 Å². The Labute approximate surface area is 125 Å². The first-order chi connectivity index (χ1) is 9.92. The normalized spacial score (nSPS) is 10.5. The van der Waals surface area contributed by atoms with E-state index >= 15 is 0 Å². The number of amides is 2. The molecule has 0 aliphatic carbocycles. The number of nitrogens with one attached hydrogen (secondary N) is 2. The Balaban J connectivity index is 2.33. The first kappa shape index (κ1) is 17.0. The van der Waals surface area contributed by atoms with Crippen molar-refractivity contribution >= 4 is 23.2 Å². The highest BCUT2D eigenvalue weighted by Crippen LogP contribution is 2.17. The fraction of sp³-hybridized carbons (Fsp3) is 0.467. The maximum absolute atomic E-state index is 11.9. The van der Waals surface area contributed by atoms with E-state index in [1.54, 1.807) is 19.2 Å². The zero-order valence-corrected chi connectivity index (χ0v) is 12.9. The molecule has 0 aromatic heterocycles. The van der Waals surface area contributed by atoms with Crippen molar-refractivity contribution in [2.45, 2.75) is 19.8 Å². The van der Waals surface area contributed by atoms with Gasteiger partial charge < -0.3 is 16.4 Å². The lowest BCUT2D eigenvalue weighted by Crippen LogP contribution is -2.33. The lowest BCUT2D eigenvalue weighted by Gasteiger charge is -2.15. The second-order valence-electron chi connectivity index (χ2n) is 5.14. The van der Waals surface area contributed by atoms with E-state index in [1.165, 1.54) is 0 Å². The van der Waals surface area contributed by atoms with Crippen molar-refractivity contribution in [3.05, 3.63) is 23.8 Å². The molecule has 116 valence electrons. The van der Waals surface area contributed by atoms with Crippen LogP contribution in [0.3, 0.4) is 0 Å². The molecule has 6 nitrogen and oxygen atoms in total. The van der Waals surface area contributed by atoms with Gasteiger partial charge in [0, 0.05) is 24.8 Å². The number of nitrogens with zero attached hydrogens (tertiary/aromatic N) is 1. The summed E-state index contributed by atoms with van der Waals surface area (Å²) in [6, 6.07) is 5.40. The van der Waals surface area contributed by atoms with Gasteiger partial charge in [-0.15, -0.1) is 0 Å². The van der Waals surface area contributed by atoms with Crippen LogP contribution in [-0.4, -0.2) is 43.9 Å². The van der Waals surface area contributed by atoms with Crippen molar-refractivity contribution in [2.24, 2.45) is 0 Å². The maximum atomic E-state index is 11.9. The minimum Gasteiger partial charge on any atom is -0.399 e. The largest absolute Gasteiger partial charge is 0.399 e. The minimum absolute atomic E-state index is 0.0283. The highest BCUT2D eigenvalue weighted by Gasteiger charge is 2.07. The van der Waals surface area contributed by atoms with E-state index in [4.69, 9.17) is 5.73 Å². The number of aryl methyl sites for hydroxylation is 1. The molecule has 0 heterocycles.